The van der Waals surface area contributed by atoms with E-state index in [1.54, 1.807) is 0 Å². The molecule has 0 heterocycles. The molecule has 0 aromatic rings. The van der Waals surface area contributed by atoms with Crippen LogP contribution in [-0.2, 0) is 4.79 Å². The van der Waals surface area contributed by atoms with Gasteiger partial charge in [0.2, 0.25) is 6.41 Å². The van der Waals surface area contributed by atoms with Gasteiger partial charge < -0.3 is 15.7 Å². The van der Waals surface area contributed by atoms with Crippen molar-refractivity contribution in [1.29, 1.82) is 0 Å². The lowest BCUT2D eigenvalue weighted by molar-refractivity contribution is -0.109. The summed E-state index contributed by atoms with van der Waals surface area (Å²) in [5, 5.41) is 13.0. The van der Waals surface area contributed by atoms with Crippen molar-refractivity contribution in [3.8, 4) is 0 Å². The van der Waals surface area contributed by atoms with Crippen LogP contribution < -0.4 is 10.6 Å². The van der Waals surface area contributed by atoms with Crippen LogP contribution >= 0.6 is 0 Å². The van der Waals surface area contributed by atoms with Gasteiger partial charge in [0, 0.05) is 6.54 Å². The first-order chi connectivity index (χ1) is 4.33. The van der Waals surface area contributed by atoms with E-state index < -0.39 is 0 Å². The maximum absolute atomic E-state index is 9.34. The van der Waals surface area contributed by atoms with Gasteiger partial charge in [0.1, 0.15) is 0 Å². The van der Waals surface area contributed by atoms with E-state index in [9.17, 15) is 4.79 Å². The second-order valence-electron chi connectivity index (χ2n) is 1.30. The van der Waals surface area contributed by atoms with Crippen LogP contribution in [0.15, 0.2) is 0 Å². The van der Waals surface area contributed by atoms with Gasteiger partial charge in [0.15, 0.2) is 0 Å². The van der Waals surface area contributed by atoms with E-state index >= 15 is 0 Å². The average Bonchev–Trinajstić information content (AvgIpc) is 1.86. The zero-order valence-electron chi connectivity index (χ0n) is 5.85. The summed E-state index contributed by atoms with van der Waals surface area (Å²) in [7, 11) is 3.75. The second kappa shape index (κ2) is 15.7. The number of hydrogen-bond donors (Lipinski definition) is 3. The Morgan fingerprint density at radius 2 is 2.00 bits per heavy atom. The molecule has 0 aliphatic carbocycles. The number of carbonyl (C=O) groups excluding carboxylic acids is 1. The molecule has 4 heteroatoms. The van der Waals surface area contributed by atoms with Gasteiger partial charge in [-0.1, -0.05) is 0 Å². The lowest BCUT2D eigenvalue weighted by Gasteiger charge is -1.85. The largest absolute Gasteiger partial charge is 0.395 e. The number of aliphatic hydroxyl groups excluding tert-OH is 1. The van der Waals surface area contributed by atoms with Crippen molar-refractivity contribution in [3.05, 3.63) is 0 Å². The third-order valence-corrected chi connectivity index (χ3v) is 0.339. The minimum atomic E-state index is 0.0126. The zero-order valence-corrected chi connectivity index (χ0v) is 5.85. The maximum atomic E-state index is 9.34. The topological polar surface area (TPSA) is 61.4 Å². The van der Waals surface area contributed by atoms with E-state index in [-0.39, 0.29) is 6.61 Å². The van der Waals surface area contributed by atoms with Crippen molar-refractivity contribution in [1.82, 2.24) is 10.6 Å². The van der Waals surface area contributed by atoms with Crippen LogP contribution in [0.2, 0.25) is 0 Å². The van der Waals surface area contributed by atoms with Crippen molar-refractivity contribution in [3.63, 3.8) is 0 Å². The molecule has 0 aromatic heterocycles. The van der Waals surface area contributed by atoms with Crippen LogP contribution in [0.1, 0.15) is 0 Å². The summed E-state index contributed by atoms with van der Waals surface area (Å²) in [6.45, 7) is 0.363. The van der Waals surface area contributed by atoms with Gasteiger partial charge in [0.05, 0.1) is 6.61 Å². The second-order valence-corrected chi connectivity index (χ2v) is 1.30. The van der Waals surface area contributed by atoms with Gasteiger partial charge in [0.25, 0.3) is 0 Å². The molecule has 0 spiro atoms. The maximum Gasteiger partial charge on any atom is 0.207 e. The number of rotatable bonds is 3. The molecule has 0 rings (SSSR count). The standard InChI is InChI=1S/C3H7NO2.C2H7N/c5-2-1-4-3-6;1-3-2/h3,5H,1-2H2,(H,4,6);3H,1-2H3. The Kier molecular flexibility index (Phi) is 19.5. The molecule has 0 aromatic carbocycles. The Bertz CT molecular complexity index is 50.2. The van der Waals surface area contributed by atoms with Gasteiger partial charge >= 0.3 is 0 Å². The molecule has 0 radical (unpaired) electrons. The first-order valence-electron chi connectivity index (χ1n) is 2.69. The Hall–Kier alpha value is -0.610. The van der Waals surface area contributed by atoms with Crippen molar-refractivity contribution >= 4 is 6.41 Å². The highest BCUT2D eigenvalue weighted by Crippen LogP contribution is 1.44. The highest BCUT2D eigenvalue weighted by molar-refractivity contribution is 5.45. The van der Waals surface area contributed by atoms with Crippen molar-refractivity contribution in [2.45, 2.75) is 0 Å². The predicted molar refractivity (Wildman–Crippen MR) is 36.1 cm³/mol. The minimum absolute atomic E-state index is 0.0126. The smallest absolute Gasteiger partial charge is 0.207 e. The van der Waals surface area contributed by atoms with Crippen LogP contribution in [0.3, 0.4) is 0 Å². The molecule has 0 fully saturated rings. The number of nitrogens with one attached hydrogen (secondary N) is 2. The van der Waals surface area contributed by atoms with Crippen molar-refractivity contribution < 1.29 is 9.90 Å². The van der Waals surface area contributed by atoms with Crippen molar-refractivity contribution in [2.24, 2.45) is 0 Å². The molecule has 3 N–H and O–H groups in total. The predicted octanol–water partition coefficient (Wildman–Crippen LogP) is -1.44. The minimum Gasteiger partial charge on any atom is -0.395 e. The summed E-state index contributed by atoms with van der Waals surface area (Å²) < 4.78 is 0. The number of carbonyl (C=O) groups is 1. The van der Waals surface area contributed by atoms with Crippen molar-refractivity contribution in [2.75, 3.05) is 27.2 Å². The highest BCUT2D eigenvalue weighted by Gasteiger charge is 1.70. The van der Waals surface area contributed by atoms with E-state index in [1.807, 2.05) is 14.1 Å². The Balaban J connectivity index is 0. The number of aliphatic hydroxyl groups is 1. The molecular formula is C5H14N2O2. The van der Waals surface area contributed by atoms with Crippen LogP contribution in [0, 0.1) is 0 Å². The summed E-state index contributed by atoms with van der Waals surface area (Å²) in [4.78, 5) is 9.34. The molecule has 0 unspecified atom stereocenters. The highest BCUT2D eigenvalue weighted by atomic mass is 16.3. The molecule has 0 bridgehead atoms. The molecule has 56 valence electrons. The SMILES string of the molecule is CNC.O=CNCCO. The van der Waals surface area contributed by atoms with E-state index in [0.717, 1.165) is 0 Å². The van der Waals surface area contributed by atoms with Gasteiger partial charge in [-0.3, -0.25) is 4.79 Å². The van der Waals surface area contributed by atoms with Gasteiger partial charge in [-0.25, -0.2) is 0 Å². The number of amides is 1. The third-order valence-electron chi connectivity index (χ3n) is 0.339. The van der Waals surface area contributed by atoms with Gasteiger partial charge in [-0.2, -0.15) is 0 Å². The fraction of sp³-hybridized carbons (Fsp3) is 0.800. The zero-order chi connectivity index (χ0) is 7.54. The fourth-order valence-corrected chi connectivity index (χ4v) is 0.123. The van der Waals surface area contributed by atoms with E-state index in [4.69, 9.17) is 5.11 Å². The number of hydrogen-bond acceptors (Lipinski definition) is 3. The lowest BCUT2D eigenvalue weighted by Crippen LogP contribution is -2.14. The Morgan fingerprint density at radius 3 is 2.11 bits per heavy atom. The Labute approximate surface area is 55.3 Å². The van der Waals surface area contributed by atoms with Gasteiger partial charge in [-0.15, -0.1) is 0 Å². The molecule has 9 heavy (non-hydrogen) atoms. The molecule has 0 saturated carbocycles. The summed E-state index contributed by atoms with van der Waals surface area (Å²) in [5.74, 6) is 0. The normalized spacial score (nSPS) is 7.00. The molecule has 0 aliphatic rings. The van der Waals surface area contributed by atoms with Crippen LogP contribution in [0.25, 0.3) is 0 Å². The summed E-state index contributed by atoms with van der Waals surface area (Å²) >= 11 is 0. The quantitative estimate of drug-likeness (QED) is 0.327. The lowest BCUT2D eigenvalue weighted by atomic mass is 10.7. The fourth-order valence-electron chi connectivity index (χ4n) is 0.123. The first kappa shape index (κ1) is 11.2. The van der Waals surface area contributed by atoms with E-state index in [1.165, 1.54) is 0 Å². The van der Waals surface area contributed by atoms with E-state index in [0.29, 0.717) is 13.0 Å². The molecule has 0 aliphatic heterocycles. The summed E-state index contributed by atoms with van der Waals surface area (Å²) in [6.07, 6.45) is 0.552. The van der Waals surface area contributed by atoms with Crippen LogP contribution in [0.4, 0.5) is 0 Å². The monoisotopic (exact) mass is 134 g/mol. The third kappa shape index (κ3) is 37.6. The summed E-state index contributed by atoms with van der Waals surface area (Å²) in [6, 6.07) is 0. The van der Waals surface area contributed by atoms with Gasteiger partial charge in [-0.05, 0) is 14.1 Å². The Morgan fingerprint density at radius 1 is 1.56 bits per heavy atom. The average molecular weight is 134 g/mol. The molecular weight excluding hydrogens is 120 g/mol. The van der Waals surface area contributed by atoms with Crippen LogP contribution in [0.5, 0.6) is 0 Å². The van der Waals surface area contributed by atoms with E-state index in [2.05, 4.69) is 10.6 Å². The first-order valence-corrected chi connectivity index (χ1v) is 2.69. The molecule has 0 saturated heterocycles. The molecule has 1 amide bonds. The molecule has 4 nitrogen and oxygen atoms in total. The molecule has 0 atom stereocenters. The summed E-state index contributed by atoms with van der Waals surface area (Å²) in [5.41, 5.74) is 0. The van der Waals surface area contributed by atoms with Crippen LogP contribution in [-0.4, -0.2) is 38.8 Å².